The SMILES string of the molecule is COCCN1CCN(C(=O)c2ccc(C#N)cc2)[C@H]2CS(=O)(=O)C[C@H]21. The average Bonchev–Trinajstić information content (AvgIpc) is 2.94. The van der Waals surface area contributed by atoms with Crippen molar-refractivity contribution in [3.63, 3.8) is 0 Å². The van der Waals surface area contributed by atoms with E-state index in [9.17, 15) is 13.2 Å². The lowest BCUT2D eigenvalue weighted by molar-refractivity contribution is 0.0247. The van der Waals surface area contributed by atoms with Crippen LogP contribution in [0.1, 0.15) is 15.9 Å². The second-order valence-electron chi connectivity index (χ2n) is 6.43. The molecule has 8 heteroatoms. The molecule has 2 aliphatic heterocycles. The van der Waals surface area contributed by atoms with Gasteiger partial charge in [0.25, 0.3) is 5.91 Å². The highest BCUT2D eigenvalue weighted by Crippen LogP contribution is 2.28. The Labute approximate surface area is 147 Å². The molecule has 2 atom stereocenters. The van der Waals surface area contributed by atoms with Gasteiger partial charge in [0.1, 0.15) is 0 Å². The van der Waals surface area contributed by atoms with Crippen LogP contribution in [0.5, 0.6) is 0 Å². The molecule has 0 N–H and O–H groups in total. The fraction of sp³-hybridized carbons (Fsp3) is 0.529. The number of hydrogen-bond donors (Lipinski definition) is 0. The second kappa shape index (κ2) is 7.12. The van der Waals surface area contributed by atoms with Crippen LogP contribution in [-0.4, -0.2) is 81.1 Å². The van der Waals surface area contributed by atoms with Gasteiger partial charge in [-0.25, -0.2) is 8.42 Å². The van der Waals surface area contributed by atoms with E-state index in [4.69, 9.17) is 10.00 Å². The van der Waals surface area contributed by atoms with Crippen LogP contribution in [0, 0.1) is 11.3 Å². The highest BCUT2D eigenvalue weighted by Gasteiger charge is 2.47. The summed E-state index contributed by atoms with van der Waals surface area (Å²) in [7, 11) is -1.55. The number of carbonyl (C=O) groups is 1. The number of rotatable bonds is 4. The minimum atomic E-state index is -3.17. The molecule has 134 valence electrons. The van der Waals surface area contributed by atoms with Crippen molar-refractivity contribution in [3.8, 4) is 6.07 Å². The lowest BCUT2D eigenvalue weighted by Crippen LogP contribution is -2.61. The Morgan fingerprint density at radius 3 is 2.56 bits per heavy atom. The van der Waals surface area contributed by atoms with Crippen LogP contribution in [0.3, 0.4) is 0 Å². The van der Waals surface area contributed by atoms with Crippen LogP contribution in [0.2, 0.25) is 0 Å². The Morgan fingerprint density at radius 2 is 1.92 bits per heavy atom. The van der Waals surface area contributed by atoms with Crippen LogP contribution in [-0.2, 0) is 14.6 Å². The second-order valence-corrected chi connectivity index (χ2v) is 8.58. The quantitative estimate of drug-likeness (QED) is 0.755. The molecule has 7 nitrogen and oxygen atoms in total. The van der Waals surface area contributed by atoms with Gasteiger partial charge in [0.15, 0.2) is 9.84 Å². The number of sulfone groups is 1. The Bertz CT molecular complexity index is 785. The van der Waals surface area contributed by atoms with Gasteiger partial charge in [0, 0.05) is 38.3 Å². The summed E-state index contributed by atoms with van der Waals surface area (Å²) in [6.07, 6.45) is 0. The van der Waals surface area contributed by atoms with Crippen molar-refractivity contribution in [1.82, 2.24) is 9.80 Å². The number of hydrogen-bond acceptors (Lipinski definition) is 6. The summed E-state index contributed by atoms with van der Waals surface area (Å²) in [5, 5.41) is 8.87. The van der Waals surface area contributed by atoms with E-state index in [-0.39, 0.29) is 29.5 Å². The molecule has 3 rings (SSSR count). The van der Waals surface area contributed by atoms with E-state index in [2.05, 4.69) is 4.90 Å². The zero-order valence-electron chi connectivity index (χ0n) is 14.1. The number of methoxy groups -OCH3 is 1. The lowest BCUT2D eigenvalue weighted by atomic mass is 10.0. The predicted octanol–water partition coefficient (Wildman–Crippen LogP) is 0.128. The van der Waals surface area contributed by atoms with Crippen LogP contribution in [0.25, 0.3) is 0 Å². The molecule has 0 aliphatic carbocycles. The first-order chi connectivity index (χ1) is 11.9. The highest BCUT2D eigenvalue weighted by atomic mass is 32.2. The standard InChI is InChI=1S/C17H21N3O4S/c1-24-9-8-19-6-7-20(16-12-25(22,23)11-15(16)19)17(21)14-4-2-13(10-18)3-5-14/h2-5,15-16H,6-9,11-12H2,1H3/t15-,16+/m1/s1. The first-order valence-corrected chi connectivity index (χ1v) is 10.0. The third-order valence-corrected chi connectivity index (χ3v) is 6.59. The third-order valence-electron chi connectivity index (χ3n) is 4.90. The molecule has 0 unspecified atom stereocenters. The summed E-state index contributed by atoms with van der Waals surface area (Å²) in [5.41, 5.74) is 0.967. The first-order valence-electron chi connectivity index (χ1n) is 8.20. The predicted molar refractivity (Wildman–Crippen MR) is 91.9 cm³/mol. The Kier molecular flexibility index (Phi) is 5.08. The summed E-state index contributed by atoms with van der Waals surface area (Å²) < 4.78 is 29.5. The van der Waals surface area contributed by atoms with Crippen LogP contribution < -0.4 is 0 Å². The number of ether oxygens (including phenoxy) is 1. The normalized spacial score (nSPS) is 25.4. The largest absolute Gasteiger partial charge is 0.383 e. The molecule has 0 radical (unpaired) electrons. The number of amides is 1. The number of fused-ring (bicyclic) bond motifs is 1. The molecular weight excluding hydrogens is 342 g/mol. The maximum atomic E-state index is 12.9. The Hall–Kier alpha value is -1.95. The third kappa shape index (κ3) is 3.68. The van der Waals surface area contributed by atoms with Gasteiger partial charge in [-0.2, -0.15) is 5.26 Å². The van der Waals surface area contributed by atoms with E-state index >= 15 is 0 Å². The molecule has 1 aromatic carbocycles. The first kappa shape index (κ1) is 17.9. The minimum absolute atomic E-state index is 0.00314. The molecule has 1 aromatic rings. The fourth-order valence-corrected chi connectivity index (χ4v) is 5.63. The Balaban J connectivity index is 1.82. The molecule has 2 fully saturated rings. The van der Waals surface area contributed by atoms with Crippen molar-refractivity contribution in [2.24, 2.45) is 0 Å². The summed E-state index contributed by atoms with van der Waals surface area (Å²) in [6.45, 7) is 2.31. The zero-order valence-corrected chi connectivity index (χ0v) is 14.9. The van der Waals surface area contributed by atoms with E-state index in [1.807, 2.05) is 6.07 Å². The summed E-state index contributed by atoms with van der Waals surface area (Å²) >= 11 is 0. The van der Waals surface area contributed by atoms with Crippen molar-refractivity contribution in [2.75, 3.05) is 44.9 Å². The monoisotopic (exact) mass is 363 g/mol. The van der Waals surface area contributed by atoms with E-state index in [0.717, 1.165) is 0 Å². The average molecular weight is 363 g/mol. The number of carbonyl (C=O) groups excluding carboxylic acids is 1. The maximum Gasteiger partial charge on any atom is 0.254 e. The molecule has 2 heterocycles. The molecular formula is C17H21N3O4S. The van der Waals surface area contributed by atoms with Gasteiger partial charge >= 0.3 is 0 Å². The molecule has 1 amide bonds. The van der Waals surface area contributed by atoms with Gasteiger partial charge in [-0.3, -0.25) is 9.69 Å². The van der Waals surface area contributed by atoms with Gasteiger partial charge in [0.05, 0.1) is 35.8 Å². The molecule has 2 aliphatic rings. The van der Waals surface area contributed by atoms with Gasteiger partial charge < -0.3 is 9.64 Å². The molecule has 0 saturated carbocycles. The lowest BCUT2D eigenvalue weighted by Gasteiger charge is -2.43. The summed E-state index contributed by atoms with van der Waals surface area (Å²) in [5.74, 6) is -0.0928. The van der Waals surface area contributed by atoms with Gasteiger partial charge in [-0.05, 0) is 24.3 Å². The molecule has 0 spiro atoms. The van der Waals surface area contributed by atoms with Crippen molar-refractivity contribution >= 4 is 15.7 Å². The van der Waals surface area contributed by atoms with E-state index in [1.165, 1.54) is 0 Å². The van der Waals surface area contributed by atoms with E-state index in [0.29, 0.717) is 37.4 Å². The topological polar surface area (TPSA) is 90.7 Å². The van der Waals surface area contributed by atoms with Crippen molar-refractivity contribution < 1.29 is 17.9 Å². The van der Waals surface area contributed by atoms with Gasteiger partial charge in [-0.1, -0.05) is 0 Å². The number of benzene rings is 1. The molecule has 2 saturated heterocycles. The van der Waals surface area contributed by atoms with Crippen LogP contribution in [0.15, 0.2) is 24.3 Å². The Morgan fingerprint density at radius 1 is 1.24 bits per heavy atom. The molecule has 25 heavy (non-hydrogen) atoms. The number of piperazine rings is 1. The van der Waals surface area contributed by atoms with Crippen molar-refractivity contribution in [1.29, 1.82) is 5.26 Å². The highest BCUT2D eigenvalue weighted by molar-refractivity contribution is 7.91. The maximum absolute atomic E-state index is 12.9. The minimum Gasteiger partial charge on any atom is -0.383 e. The van der Waals surface area contributed by atoms with Crippen LogP contribution >= 0.6 is 0 Å². The fourth-order valence-electron chi connectivity index (χ4n) is 3.62. The summed E-state index contributed by atoms with van der Waals surface area (Å²) in [6, 6.07) is 7.95. The van der Waals surface area contributed by atoms with Gasteiger partial charge in [0.2, 0.25) is 0 Å². The molecule has 0 bridgehead atoms. The van der Waals surface area contributed by atoms with E-state index < -0.39 is 9.84 Å². The van der Waals surface area contributed by atoms with Crippen LogP contribution in [0.4, 0.5) is 0 Å². The van der Waals surface area contributed by atoms with Crippen molar-refractivity contribution in [3.05, 3.63) is 35.4 Å². The smallest absolute Gasteiger partial charge is 0.254 e. The molecule has 0 aromatic heterocycles. The van der Waals surface area contributed by atoms with Gasteiger partial charge in [-0.15, -0.1) is 0 Å². The van der Waals surface area contributed by atoms with Crippen molar-refractivity contribution in [2.45, 2.75) is 12.1 Å². The zero-order chi connectivity index (χ0) is 18.0. The number of nitrogens with zero attached hydrogens (tertiary/aromatic N) is 3. The van der Waals surface area contributed by atoms with E-state index in [1.54, 1.807) is 36.3 Å². The summed E-state index contributed by atoms with van der Waals surface area (Å²) in [4.78, 5) is 16.7. The number of nitriles is 1.